The Morgan fingerprint density at radius 2 is 1.88 bits per heavy atom. The molecule has 0 bridgehead atoms. The highest BCUT2D eigenvalue weighted by atomic mass is 32.1. The van der Waals surface area contributed by atoms with Gasteiger partial charge in [-0.2, -0.15) is 0 Å². The van der Waals surface area contributed by atoms with E-state index < -0.39 is 0 Å². The first-order valence-electron chi connectivity index (χ1n) is 8.04. The number of benzene rings is 2. The van der Waals surface area contributed by atoms with Crippen molar-refractivity contribution >= 4 is 34.5 Å². The summed E-state index contributed by atoms with van der Waals surface area (Å²) < 4.78 is 0. The second-order valence-electron chi connectivity index (χ2n) is 5.86. The number of carbonyl (C=O) groups excluding carboxylic acids is 2. The van der Waals surface area contributed by atoms with E-state index in [1.165, 1.54) is 17.4 Å². The quantitative estimate of drug-likeness (QED) is 0.592. The van der Waals surface area contributed by atoms with Crippen LogP contribution >= 0.6 is 11.3 Å². The Bertz CT molecular complexity index is 936. The van der Waals surface area contributed by atoms with Crippen molar-refractivity contribution in [1.29, 1.82) is 0 Å². The van der Waals surface area contributed by atoms with Crippen LogP contribution in [-0.2, 0) is 11.2 Å². The summed E-state index contributed by atoms with van der Waals surface area (Å²) >= 11 is 1.52. The molecule has 0 saturated heterocycles. The number of rotatable bonds is 5. The van der Waals surface area contributed by atoms with E-state index in [1.807, 2.05) is 30.5 Å². The van der Waals surface area contributed by atoms with Crippen molar-refractivity contribution in [2.75, 3.05) is 10.6 Å². The van der Waals surface area contributed by atoms with Crippen molar-refractivity contribution in [2.24, 2.45) is 0 Å². The zero-order chi connectivity index (χ0) is 18.5. The molecule has 3 aromatic rings. The van der Waals surface area contributed by atoms with E-state index in [2.05, 4.69) is 10.6 Å². The number of aryl methyl sites for hydroxylation is 1. The van der Waals surface area contributed by atoms with E-state index in [-0.39, 0.29) is 29.7 Å². The lowest BCUT2D eigenvalue weighted by atomic mass is 10.1. The summed E-state index contributed by atoms with van der Waals surface area (Å²) in [7, 11) is 0. The van der Waals surface area contributed by atoms with Crippen molar-refractivity contribution in [3.8, 4) is 5.75 Å². The van der Waals surface area contributed by atoms with Crippen LogP contribution in [0.5, 0.6) is 5.75 Å². The third-order valence-electron chi connectivity index (χ3n) is 3.72. The molecule has 0 atom stereocenters. The molecule has 0 fully saturated rings. The van der Waals surface area contributed by atoms with Crippen molar-refractivity contribution < 1.29 is 14.7 Å². The normalized spacial score (nSPS) is 10.3. The van der Waals surface area contributed by atoms with E-state index in [1.54, 1.807) is 30.3 Å². The van der Waals surface area contributed by atoms with Gasteiger partial charge in [-0.3, -0.25) is 9.59 Å². The number of anilines is 2. The number of carbonyl (C=O) groups is 2. The summed E-state index contributed by atoms with van der Waals surface area (Å²) in [5.41, 5.74) is 2.24. The smallest absolute Gasteiger partial charge is 0.255 e. The van der Waals surface area contributed by atoms with Crippen LogP contribution in [0.1, 0.15) is 20.8 Å². The highest BCUT2D eigenvalue weighted by molar-refractivity contribution is 7.10. The average Bonchev–Trinajstić information content (AvgIpc) is 3.10. The standard InChI is InChI=1S/C20H18N2O3S/c1-13-4-2-5-14(10-13)20(25)22-17-8-7-15(11-18(17)23)21-19(24)12-16-6-3-9-26-16/h2-11,23H,12H2,1H3,(H,21,24)(H,22,25). The van der Waals surface area contributed by atoms with Gasteiger partial charge in [0.15, 0.2) is 0 Å². The summed E-state index contributed by atoms with van der Waals surface area (Å²) in [5.74, 6) is -0.582. The Labute approximate surface area is 155 Å². The van der Waals surface area contributed by atoms with Gasteiger partial charge >= 0.3 is 0 Å². The van der Waals surface area contributed by atoms with Crippen LogP contribution in [0.3, 0.4) is 0 Å². The fourth-order valence-electron chi connectivity index (χ4n) is 2.47. The first-order valence-corrected chi connectivity index (χ1v) is 8.92. The van der Waals surface area contributed by atoms with E-state index >= 15 is 0 Å². The van der Waals surface area contributed by atoms with E-state index in [0.29, 0.717) is 11.3 Å². The highest BCUT2D eigenvalue weighted by Crippen LogP contribution is 2.27. The fourth-order valence-corrected chi connectivity index (χ4v) is 3.18. The maximum atomic E-state index is 12.3. The van der Waals surface area contributed by atoms with E-state index in [4.69, 9.17) is 0 Å². The molecule has 3 N–H and O–H groups in total. The third kappa shape index (κ3) is 4.49. The Kier molecular flexibility index (Phi) is 5.34. The second kappa shape index (κ2) is 7.84. The molecule has 2 amide bonds. The van der Waals surface area contributed by atoms with Crippen LogP contribution in [0.15, 0.2) is 60.0 Å². The monoisotopic (exact) mass is 366 g/mol. The van der Waals surface area contributed by atoms with Crippen molar-refractivity contribution in [3.05, 3.63) is 76.0 Å². The number of nitrogens with one attached hydrogen (secondary N) is 2. The van der Waals surface area contributed by atoms with Gasteiger partial charge in [-0.15, -0.1) is 11.3 Å². The number of hydrogen-bond acceptors (Lipinski definition) is 4. The molecule has 0 aliphatic heterocycles. The number of phenols is 1. The lowest BCUT2D eigenvalue weighted by Crippen LogP contribution is -2.14. The Morgan fingerprint density at radius 3 is 2.58 bits per heavy atom. The van der Waals surface area contributed by atoms with Gasteiger partial charge in [-0.25, -0.2) is 0 Å². The second-order valence-corrected chi connectivity index (χ2v) is 6.89. The molecule has 0 aliphatic rings. The van der Waals surface area contributed by atoms with Gasteiger partial charge in [0.05, 0.1) is 12.1 Å². The number of thiophene rings is 1. The van der Waals surface area contributed by atoms with Gasteiger partial charge in [0.1, 0.15) is 5.75 Å². The zero-order valence-electron chi connectivity index (χ0n) is 14.2. The molecule has 132 valence electrons. The van der Waals surface area contributed by atoms with Gasteiger partial charge < -0.3 is 15.7 Å². The SMILES string of the molecule is Cc1cccc(C(=O)Nc2ccc(NC(=O)Cc3cccs3)cc2O)c1. The van der Waals surface area contributed by atoms with E-state index in [9.17, 15) is 14.7 Å². The molecule has 26 heavy (non-hydrogen) atoms. The zero-order valence-corrected chi connectivity index (χ0v) is 15.0. The predicted molar refractivity (Wildman–Crippen MR) is 104 cm³/mol. The summed E-state index contributed by atoms with van der Waals surface area (Å²) in [5, 5.41) is 17.5. The summed E-state index contributed by atoms with van der Waals surface area (Å²) in [6.07, 6.45) is 0.282. The van der Waals surface area contributed by atoms with Crippen molar-refractivity contribution in [3.63, 3.8) is 0 Å². The summed E-state index contributed by atoms with van der Waals surface area (Å²) in [6, 6.07) is 15.6. The van der Waals surface area contributed by atoms with Crippen LogP contribution in [0, 0.1) is 6.92 Å². The number of phenolic OH excluding ortho intramolecular Hbond substituents is 1. The molecule has 6 heteroatoms. The molecule has 1 aromatic heterocycles. The maximum absolute atomic E-state index is 12.3. The molecule has 3 rings (SSSR count). The maximum Gasteiger partial charge on any atom is 0.255 e. The van der Waals surface area contributed by atoms with E-state index in [0.717, 1.165) is 10.4 Å². The lowest BCUT2D eigenvalue weighted by Gasteiger charge is -2.10. The van der Waals surface area contributed by atoms with Crippen LogP contribution in [0.4, 0.5) is 11.4 Å². The van der Waals surface area contributed by atoms with Gasteiger partial charge in [-0.05, 0) is 42.6 Å². The molecule has 0 radical (unpaired) electrons. The molecule has 1 heterocycles. The van der Waals surface area contributed by atoms with Gasteiger partial charge in [0.25, 0.3) is 5.91 Å². The van der Waals surface area contributed by atoms with Crippen LogP contribution < -0.4 is 10.6 Å². The number of amides is 2. The first-order chi connectivity index (χ1) is 12.5. The van der Waals surface area contributed by atoms with Crippen molar-refractivity contribution in [2.45, 2.75) is 13.3 Å². The van der Waals surface area contributed by atoms with Crippen LogP contribution in [0.2, 0.25) is 0 Å². The fraction of sp³-hybridized carbons (Fsp3) is 0.100. The molecule has 2 aromatic carbocycles. The van der Waals surface area contributed by atoms with Gasteiger partial charge in [-0.1, -0.05) is 23.8 Å². The minimum absolute atomic E-state index is 0.111. The van der Waals surface area contributed by atoms with Gasteiger partial charge in [0, 0.05) is 22.2 Å². The minimum atomic E-state index is -0.307. The molecule has 0 spiro atoms. The van der Waals surface area contributed by atoms with Gasteiger partial charge in [0.2, 0.25) is 5.91 Å². The molecule has 0 saturated carbocycles. The Balaban J connectivity index is 1.65. The Hall–Kier alpha value is -3.12. The molecule has 5 nitrogen and oxygen atoms in total. The summed E-state index contributed by atoms with van der Waals surface area (Å²) in [4.78, 5) is 25.2. The lowest BCUT2D eigenvalue weighted by molar-refractivity contribution is -0.115. The van der Waals surface area contributed by atoms with Crippen molar-refractivity contribution in [1.82, 2.24) is 0 Å². The Morgan fingerprint density at radius 1 is 1.04 bits per heavy atom. The van der Waals surface area contributed by atoms with Crippen LogP contribution in [0.25, 0.3) is 0 Å². The highest BCUT2D eigenvalue weighted by Gasteiger charge is 2.11. The predicted octanol–water partition coefficient (Wildman–Crippen LogP) is 4.20. The third-order valence-corrected chi connectivity index (χ3v) is 4.60. The molecule has 0 unspecified atom stereocenters. The average molecular weight is 366 g/mol. The van der Waals surface area contributed by atoms with Crippen LogP contribution in [-0.4, -0.2) is 16.9 Å². The largest absolute Gasteiger partial charge is 0.506 e. The topological polar surface area (TPSA) is 78.4 Å². The minimum Gasteiger partial charge on any atom is -0.506 e. The first kappa shape index (κ1) is 17.7. The number of hydrogen-bond donors (Lipinski definition) is 3. The summed E-state index contributed by atoms with van der Waals surface area (Å²) in [6.45, 7) is 1.90. The number of aromatic hydroxyl groups is 1. The molecular weight excluding hydrogens is 348 g/mol. The molecular formula is C20H18N2O3S. The molecule has 0 aliphatic carbocycles.